The highest BCUT2D eigenvalue weighted by molar-refractivity contribution is 7.89. The van der Waals surface area contributed by atoms with E-state index in [2.05, 4.69) is 18.8 Å². The summed E-state index contributed by atoms with van der Waals surface area (Å²) < 4.78 is 26.6. The fraction of sp³-hybridized carbons (Fsp3) is 0.476. The molecule has 0 aliphatic carbocycles. The average Bonchev–Trinajstić information content (AvgIpc) is 2.70. The number of benzene rings is 1. The monoisotopic (exact) mass is 430 g/mol. The number of carbonyl (C=O) groups excluding carboxylic acids is 1. The minimum Gasteiger partial charge on any atom is -0.360 e. The van der Waals surface area contributed by atoms with Crippen LogP contribution in [0.2, 0.25) is 0 Å². The minimum atomic E-state index is -3.85. The molecule has 1 aromatic carbocycles. The Morgan fingerprint density at radius 1 is 1.30 bits per heavy atom. The van der Waals surface area contributed by atoms with Gasteiger partial charge in [-0.3, -0.25) is 9.59 Å². The van der Waals surface area contributed by atoms with E-state index in [-0.39, 0.29) is 34.7 Å². The Labute approximate surface area is 176 Å². The zero-order valence-corrected chi connectivity index (χ0v) is 18.2. The lowest BCUT2D eigenvalue weighted by atomic mass is 9.91. The van der Waals surface area contributed by atoms with E-state index in [9.17, 15) is 18.0 Å². The summed E-state index contributed by atoms with van der Waals surface area (Å²) in [6.07, 6.45) is 2.51. The van der Waals surface area contributed by atoms with Gasteiger partial charge in [-0.1, -0.05) is 13.8 Å². The molecule has 0 radical (unpaired) electrons. The molecule has 2 aromatic rings. The Kier molecular flexibility index (Phi) is 6.29. The van der Waals surface area contributed by atoms with Gasteiger partial charge in [-0.25, -0.2) is 8.42 Å². The number of nitrogens with one attached hydrogen (secondary N) is 1. The third kappa shape index (κ3) is 4.25. The molecule has 1 aliphatic heterocycles. The lowest BCUT2D eigenvalue weighted by Gasteiger charge is -2.34. The average molecular weight is 431 g/mol. The first-order chi connectivity index (χ1) is 14.1. The van der Waals surface area contributed by atoms with Crippen molar-refractivity contribution in [3.8, 4) is 6.07 Å². The van der Waals surface area contributed by atoms with Crippen LogP contribution in [0.5, 0.6) is 0 Å². The van der Waals surface area contributed by atoms with Crippen molar-refractivity contribution in [3.05, 3.63) is 40.2 Å². The molecule has 2 unspecified atom stereocenters. The highest BCUT2D eigenvalue weighted by atomic mass is 32.2. The molecule has 2 atom stereocenters. The predicted molar refractivity (Wildman–Crippen MR) is 113 cm³/mol. The standard InChI is InChI=1S/C21H26N4O4S/c1-14-9-15(2)13-25(12-14)21(27)18-11-23-19-6-5-16(10-17(19)20(18)26)30(28,29)24(3)8-4-7-22/h5-6,10-11,14-15H,4,8-9,12-13H2,1-3H3,(H,23,26). The van der Waals surface area contributed by atoms with Crippen molar-refractivity contribution < 1.29 is 13.2 Å². The van der Waals surface area contributed by atoms with Crippen LogP contribution in [0.15, 0.2) is 34.1 Å². The van der Waals surface area contributed by atoms with Crippen LogP contribution in [0.25, 0.3) is 10.9 Å². The largest absolute Gasteiger partial charge is 0.360 e. The molecule has 8 nitrogen and oxygen atoms in total. The van der Waals surface area contributed by atoms with Crippen LogP contribution in [0.4, 0.5) is 0 Å². The van der Waals surface area contributed by atoms with E-state index in [1.807, 2.05) is 6.07 Å². The molecule has 1 aromatic heterocycles. The molecule has 0 saturated carbocycles. The van der Waals surface area contributed by atoms with Crippen LogP contribution in [0.3, 0.4) is 0 Å². The molecular weight excluding hydrogens is 404 g/mol. The maximum atomic E-state index is 13.1. The summed E-state index contributed by atoms with van der Waals surface area (Å²) in [4.78, 5) is 30.7. The number of sulfonamides is 1. The number of aromatic nitrogens is 1. The van der Waals surface area contributed by atoms with Crippen LogP contribution < -0.4 is 5.43 Å². The molecule has 30 heavy (non-hydrogen) atoms. The molecule has 3 rings (SSSR count). The smallest absolute Gasteiger partial charge is 0.259 e. The van der Waals surface area contributed by atoms with Crippen LogP contribution in [-0.2, 0) is 10.0 Å². The number of pyridine rings is 1. The highest BCUT2D eigenvalue weighted by Crippen LogP contribution is 2.23. The van der Waals surface area contributed by atoms with E-state index in [4.69, 9.17) is 5.26 Å². The summed E-state index contributed by atoms with van der Waals surface area (Å²) >= 11 is 0. The topological polar surface area (TPSA) is 114 Å². The number of nitrogens with zero attached hydrogens (tertiary/aromatic N) is 3. The van der Waals surface area contributed by atoms with Crippen molar-refractivity contribution >= 4 is 26.8 Å². The molecule has 160 valence electrons. The first kappa shape index (κ1) is 22.0. The van der Waals surface area contributed by atoms with Crippen LogP contribution in [0.1, 0.15) is 37.0 Å². The highest BCUT2D eigenvalue weighted by Gasteiger charge is 2.28. The zero-order chi connectivity index (χ0) is 22.1. The van der Waals surface area contributed by atoms with Crippen molar-refractivity contribution in [2.24, 2.45) is 11.8 Å². The molecule has 9 heteroatoms. The van der Waals surface area contributed by atoms with Crippen molar-refractivity contribution in [2.45, 2.75) is 31.6 Å². The predicted octanol–water partition coefficient (Wildman–Crippen LogP) is 2.18. The van der Waals surface area contributed by atoms with Gasteiger partial charge in [-0.2, -0.15) is 9.57 Å². The lowest BCUT2D eigenvalue weighted by molar-refractivity contribution is 0.0621. The number of nitriles is 1. The van der Waals surface area contributed by atoms with E-state index < -0.39 is 15.5 Å². The Morgan fingerprint density at radius 2 is 1.97 bits per heavy atom. The molecule has 1 aliphatic rings. The first-order valence-electron chi connectivity index (χ1n) is 9.93. The summed E-state index contributed by atoms with van der Waals surface area (Å²) in [7, 11) is -2.46. The molecule has 0 bridgehead atoms. The van der Waals surface area contributed by atoms with E-state index in [0.717, 1.165) is 10.7 Å². The number of likely N-dealkylation sites (tertiary alicyclic amines) is 1. The maximum Gasteiger partial charge on any atom is 0.259 e. The summed E-state index contributed by atoms with van der Waals surface area (Å²) in [6.45, 7) is 5.41. The maximum absolute atomic E-state index is 13.1. The fourth-order valence-electron chi connectivity index (χ4n) is 4.02. The van der Waals surface area contributed by atoms with Crippen molar-refractivity contribution in [1.82, 2.24) is 14.2 Å². The Morgan fingerprint density at radius 3 is 2.60 bits per heavy atom. The number of H-pyrrole nitrogens is 1. The number of amides is 1. The van der Waals surface area contributed by atoms with Gasteiger partial charge < -0.3 is 9.88 Å². The summed E-state index contributed by atoms with van der Waals surface area (Å²) in [6, 6.07) is 6.13. The van der Waals surface area contributed by atoms with Crippen molar-refractivity contribution in [1.29, 1.82) is 5.26 Å². The summed E-state index contributed by atoms with van der Waals surface area (Å²) in [5, 5.41) is 8.85. The normalized spacial score (nSPS) is 19.8. The van der Waals surface area contributed by atoms with E-state index in [1.165, 1.54) is 31.4 Å². The first-order valence-corrected chi connectivity index (χ1v) is 11.4. The number of hydrogen-bond donors (Lipinski definition) is 1. The Bertz CT molecular complexity index is 1160. The van der Waals surface area contributed by atoms with Crippen molar-refractivity contribution in [2.75, 3.05) is 26.7 Å². The van der Waals surface area contributed by atoms with Gasteiger partial charge in [0.25, 0.3) is 5.91 Å². The van der Waals surface area contributed by atoms with Gasteiger partial charge in [0.2, 0.25) is 15.5 Å². The van der Waals surface area contributed by atoms with Gasteiger partial charge >= 0.3 is 0 Å². The molecule has 1 saturated heterocycles. The van der Waals surface area contributed by atoms with Gasteiger partial charge in [0.15, 0.2) is 0 Å². The molecule has 1 fully saturated rings. The number of aromatic amines is 1. The molecule has 1 amide bonds. The fourth-order valence-corrected chi connectivity index (χ4v) is 5.22. The number of fused-ring (bicyclic) bond motifs is 1. The summed E-state index contributed by atoms with van der Waals surface area (Å²) in [5.41, 5.74) is -0.0249. The number of hydrogen-bond acceptors (Lipinski definition) is 5. The van der Waals surface area contributed by atoms with E-state index >= 15 is 0 Å². The molecule has 0 spiro atoms. The second kappa shape index (κ2) is 8.58. The molecule has 2 heterocycles. The van der Waals surface area contributed by atoms with Crippen LogP contribution >= 0.6 is 0 Å². The Hall–Kier alpha value is -2.70. The lowest BCUT2D eigenvalue weighted by Crippen LogP contribution is -2.44. The zero-order valence-electron chi connectivity index (χ0n) is 17.4. The third-order valence-electron chi connectivity index (χ3n) is 5.49. The quantitative estimate of drug-likeness (QED) is 0.781. The van der Waals surface area contributed by atoms with Gasteiger partial charge in [-0.05, 0) is 36.5 Å². The van der Waals surface area contributed by atoms with Crippen LogP contribution in [-0.4, -0.2) is 55.2 Å². The van der Waals surface area contributed by atoms with Crippen LogP contribution in [0, 0.1) is 23.2 Å². The second-order valence-electron chi connectivity index (χ2n) is 8.13. The second-order valence-corrected chi connectivity index (χ2v) is 10.2. The molecule has 1 N–H and O–H groups in total. The van der Waals surface area contributed by atoms with E-state index in [0.29, 0.717) is 30.4 Å². The number of piperidine rings is 1. The van der Waals surface area contributed by atoms with Gasteiger partial charge in [0.1, 0.15) is 5.56 Å². The SMILES string of the molecule is CC1CC(C)CN(C(=O)c2c[nH]c3ccc(S(=O)(=O)N(C)CCC#N)cc3c2=O)C1. The Balaban J connectivity index is 2.00. The minimum absolute atomic E-state index is 0.0104. The third-order valence-corrected chi connectivity index (χ3v) is 7.34. The van der Waals surface area contributed by atoms with Gasteiger partial charge in [0, 0.05) is 50.2 Å². The van der Waals surface area contributed by atoms with Gasteiger partial charge in [-0.15, -0.1) is 0 Å². The van der Waals surface area contributed by atoms with E-state index in [1.54, 1.807) is 4.90 Å². The number of carbonyl (C=O) groups is 1. The van der Waals surface area contributed by atoms with Crippen molar-refractivity contribution in [3.63, 3.8) is 0 Å². The van der Waals surface area contributed by atoms with Gasteiger partial charge in [0.05, 0.1) is 11.0 Å². The number of rotatable bonds is 5. The molecular formula is C21H26N4O4S. The summed E-state index contributed by atoms with van der Waals surface area (Å²) in [5.74, 6) is 0.381.